The number of sulfonamides is 1. The van der Waals surface area contributed by atoms with Gasteiger partial charge < -0.3 is 9.30 Å². The van der Waals surface area contributed by atoms with E-state index in [0.717, 1.165) is 36.1 Å². The molecule has 0 saturated carbocycles. The minimum Gasteiger partial charge on any atom is -0.491 e. The second-order valence-corrected chi connectivity index (χ2v) is 11.1. The molecule has 0 amide bonds. The second-order valence-electron chi connectivity index (χ2n) is 8.33. The molecule has 8 nitrogen and oxygen atoms in total. The quantitative estimate of drug-likeness (QED) is 0.300. The van der Waals surface area contributed by atoms with Gasteiger partial charge in [-0.15, -0.1) is 21.5 Å². The number of hydrogen-bond donors (Lipinski definition) is 1. The maximum absolute atomic E-state index is 15.0. The molecule has 0 fully saturated rings. The highest BCUT2D eigenvalue weighted by molar-refractivity contribution is 7.92. The average Bonchev–Trinajstić information content (AvgIpc) is 3.59. The first-order valence-electron chi connectivity index (χ1n) is 11.1. The van der Waals surface area contributed by atoms with Gasteiger partial charge in [-0.3, -0.25) is 4.72 Å². The lowest BCUT2D eigenvalue weighted by molar-refractivity contribution is 0.222. The molecule has 0 bridgehead atoms. The molecule has 1 aliphatic carbocycles. The molecule has 4 aromatic rings. The Hall–Kier alpha value is -3.35. The van der Waals surface area contributed by atoms with Crippen molar-refractivity contribution in [2.75, 3.05) is 11.3 Å². The molecular formula is C24H20ClF2N5O3S2. The number of rotatable bonds is 8. The van der Waals surface area contributed by atoms with Gasteiger partial charge in [-0.2, -0.15) is 0 Å². The van der Waals surface area contributed by atoms with E-state index in [2.05, 4.69) is 26.0 Å². The van der Waals surface area contributed by atoms with Crippen molar-refractivity contribution < 1.29 is 21.9 Å². The summed E-state index contributed by atoms with van der Waals surface area (Å²) in [6.45, 7) is 0.0917. The standard InChI is InChI=1S/C24H20ClF2N5O3S2/c25-19-8-23(37(33,34)31-24-11-36-14-28-24)20(27)9-22(19)35-10-18-17(15-4-6-16(26)7-5-15)2-1-3-21(18)32-12-29-30-13-32/h2,4-9,11-14,18,21,31H,1,3,10H2/t18-,21-/m1/s1. The van der Waals surface area contributed by atoms with Gasteiger partial charge in [0.1, 0.15) is 34.9 Å². The largest absolute Gasteiger partial charge is 0.491 e. The molecule has 0 aliphatic heterocycles. The number of halogens is 3. The third-order valence-electron chi connectivity index (χ3n) is 6.05. The molecule has 0 unspecified atom stereocenters. The Balaban J connectivity index is 1.42. The Bertz CT molecular complexity index is 1510. The Kier molecular flexibility index (Phi) is 7.22. The maximum Gasteiger partial charge on any atom is 0.266 e. The number of benzene rings is 2. The van der Waals surface area contributed by atoms with Crippen molar-refractivity contribution in [1.29, 1.82) is 0 Å². The number of allylic oxidation sites excluding steroid dienone is 1. The van der Waals surface area contributed by atoms with Gasteiger partial charge in [-0.1, -0.05) is 29.8 Å². The normalized spacial score (nSPS) is 17.9. The van der Waals surface area contributed by atoms with Gasteiger partial charge in [0.15, 0.2) is 5.82 Å². The summed E-state index contributed by atoms with van der Waals surface area (Å²) in [6.07, 6.45) is 6.86. The SMILES string of the molecule is O=S(=O)(Nc1cscn1)c1cc(Cl)c(OC[C@@H]2C(c3ccc(F)cc3)=CCC[C@H]2n2cnnc2)cc1F. The van der Waals surface area contributed by atoms with Crippen LogP contribution in [0.5, 0.6) is 5.75 Å². The number of nitrogens with zero attached hydrogens (tertiary/aromatic N) is 4. The van der Waals surface area contributed by atoms with Crippen LogP contribution in [0.15, 0.2) is 70.9 Å². The number of hydrogen-bond acceptors (Lipinski definition) is 7. The van der Waals surface area contributed by atoms with Crippen LogP contribution in [-0.2, 0) is 10.0 Å². The third kappa shape index (κ3) is 5.50. The highest BCUT2D eigenvalue weighted by Gasteiger charge is 2.31. The van der Waals surface area contributed by atoms with Crippen molar-refractivity contribution in [3.63, 3.8) is 0 Å². The van der Waals surface area contributed by atoms with E-state index in [1.54, 1.807) is 24.8 Å². The minimum atomic E-state index is -4.25. The van der Waals surface area contributed by atoms with E-state index >= 15 is 0 Å². The summed E-state index contributed by atoms with van der Waals surface area (Å²) in [5.74, 6) is -1.51. The molecule has 192 valence electrons. The summed E-state index contributed by atoms with van der Waals surface area (Å²) in [5, 5.41) is 9.24. The molecule has 13 heteroatoms. The fraction of sp³-hybridized carbons (Fsp3) is 0.208. The predicted molar refractivity (Wildman–Crippen MR) is 136 cm³/mol. The van der Waals surface area contributed by atoms with Crippen molar-refractivity contribution in [3.05, 3.63) is 88.2 Å². The van der Waals surface area contributed by atoms with Gasteiger partial charge in [0.25, 0.3) is 10.0 Å². The molecule has 0 saturated heterocycles. The van der Waals surface area contributed by atoms with Gasteiger partial charge in [0, 0.05) is 23.4 Å². The van der Waals surface area contributed by atoms with Crippen LogP contribution in [0.25, 0.3) is 5.57 Å². The number of anilines is 1. The van der Waals surface area contributed by atoms with Crippen molar-refractivity contribution in [2.45, 2.75) is 23.8 Å². The zero-order valence-corrected chi connectivity index (χ0v) is 21.5. The molecule has 2 aromatic carbocycles. The first kappa shape index (κ1) is 25.3. The van der Waals surface area contributed by atoms with Crippen molar-refractivity contribution in [3.8, 4) is 5.75 Å². The number of aromatic nitrogens is 4. The molecule has 1 N–H and O–H groups in total. The summed E-state index contributed by atoms with van der Waals surface area (Å²) in [7, 11) is -4.25. The lowest BCUT2D eigenvalue weighted by atomic mass is 9.80. The zero-order chi connectivity index (χ0) is 26.0. The third-order valence-corrected chi connectivity index (χ3v) is 8.30. The topological polar surface area (TPSA) is 99.0 Å². The smallest absolute Gasteiger partial charge is 0.266 e. The lowest BCUT2D eigenvalue weighted by Gasteiger charge is -2.33. The number of nitrogens with one attached hydrogen (secondary N) is 1. The molecule has 1 aliphatic rings. The predicted octanol–water partition coefficient (Wildman–Crippen LogP) is 5.58. The van der Waals surface area contributed by atoms with Gasteiger partial charge in [-0.05, 0) is 42.2 Å². The van der Waals surface area contributed by atoms with E-state index in [-0.39, 0.29) is 41.0 Å². The fourth-order valence-corrected chi connectivity index (χ4v) is 6.27. The fourth-order valence-electron chi connectivity index (χ4n) is 4.34. The summed E-state index contributed by atoms with van der Waals surface area (Å²) in [5.41, 5.74) is 3.22. The van der Waals surface area contributed by atoms with Gasteiger partial charge in [0.05, 0.1) is 17.1 Å². The van der Waals surface area contributed by atoms with Crippen molar-refractivity contribution >= 4 is 44.4 Å². The van der Waals surface area contributed by atoms with Crippen LogP contribution in [0.4, 0.5) is 14.6 Å². The van der Waals surface area contributed by atoms with Crippen LogP contribution in [0.2, 0.25) is 5.02 Å². The highest BCUT2D eigenvalue weighted by atomic mass is 35.5. The van der Waals surface area contributed by atoms with E-state index in [9.17, 15) is 17.2 Å². The minimum absolute atomic E-state index is 0.00156. The number of thiazole rings is 1. The molecular weight excluding hydrogens is 544 g/mol. The van der Waals surface area contributed by atoms with Crippen LogP contribution < -0.4 is 9.46 Å². The first-order chi connectivity index (χ1) is 17.8. The Morgan fingerprint density at radius 3 is 2.62 bits per heavy atom. The lowest BCUT2D eigenvalue weighted by Crippen LogP contribution is -2.28. The molecule has 0 spiro atoms. The van der Waals surface area contributed by atoms with E-state index in [1.807, 2.05) is 4.57 Å². The molecule has 2 heterocycles. The van der Waals surface area contributed by atoms with Gasteiger partial charge in [-0.25, -0.2) is 22.2 Å². The van der Waals surface area contributed by atoms with E-state index < -0.39 is 20.7 Å². The summed E-state index contributed by atoms with van der Waals surface area (Å²) in [4.78, 5) is 3.23. The summed E-state index contributed by atoms with van der Waals surface area (Å²) >= 11 is 7.53. The van der Waals surface area contributed by atoms with E-state index in [1.165, 1.54) is 34.4 Å². The van der Waals surface area contributed by atoms with Gasteiger partial charge in [0.2, 0.25) is 0 Å². The Labute approximate surface area is 220 Å². The van der Waals surface area contributed by atoms with Crippen molar-refractivity contribution in [2.24, 2.45) is 5.92 Å². The highest BCUT2D eigenvalue weighted by Crippen LogP contribution is 2.41. The van der Waals surface area contributed by atoms with Crippen LogP contribution >= 0.6 is 22.9 Å². The molecule has 2 atom stereocenters. The Morgan fingerprint density at radius 1 is 1.16 bits per heavy atom. The van der Waals surface area contributed by atoms with Crippen LogP contribution in [0.3, 0.4) is 0 Å². The zero-order valence-electron chi connectivity index (χ0n) is 19.1. The monoisotopic (exact) mass is 563 g/mol. The van der Waals surface area contributed by atoms with Crippen LogP contribution in [0, 0.1) is 17.6 Å². The molecule has 37 heavy (non-hydrogen) atoms. The summed E-state index contributed by atoms with van der Waals surface area (Å²) < 4.78 is 63.9. The molecule has 2 aromatic heterocycles. The maximum atomic E-state index is 15.0. The Morgan fingerprint density at radius 2 is 1.92 bits per heavy atom. The van der Waals surface area contributed by atoms with E-state index in [4.69, 9.17) is 16.3 Å². The average molecular weight is 564 g/mol. The first-order valence-corrected chi connectivity index (χ1v) is 13.9. The van der Waals surface area contributed by atoms with E-state index in [0.29, 0.717) is 0 Å². The second kappa shape index (κ2) is 10.6. The van der Waals surface area contributed by atoms with Crippen molar-refractivity contribution in [1.82, 2.24) is 19.7 Å². The summed E-state index contributed by atoms with van der Waals surface area (Å²) in [6, 6.07) is 8.06. The van der Waals surface area contributed by atoms with Crippen LogP contribution in [-0.4, -0.2) is 34.8 Å². The molecule has 0 radical (unpaired) electrons. The molecule has 5 rings (SSSR count). The number of ether oxygens (including phenoxy) is 1. The van der Waals surface area contributed by atoms with Crippen LogP contribution in [0.1, 0.15) is 24.4 Å². The van der Waals surface area contributed by atoms with Gasteiger partial charge >= 0.3 is 0 Å².